The van der Waals surface area contributed by atoms with Gasteiger partial charge in [-0.05, 0) is 41.8 Å². The molecule has 7 heteroatoms. The Bertz CT molecular complexity index is 720. The molecule has 0 aliphatic carbocycles. The van der Waals surface area contributed by atoms with Crippen molar-refractivity contribution in [3.8, 4) is 0 Å². The van der Waals surface area contributed by atoms with Gasteiger partial charge in [0.25, 0.3) is 0 Å². The van der Waals surface area contributed by atoms with Crippen LogP contribution >= 0.6 is 34.3 Å². The highest BCUT2D eigenvalue weighted by Gasteiger charge is 2.35. The third kappa shape index (κ3) is 2.23. The van der Waals surface area contributed by atoms with E-state index in [9.17, 15) is 8.42 Å². The number of halogens is 1. The molecule has 3 rings (SSSR count). The molecule has 108 valence electrons. The van der Waals surface area contributed by atoms with Gasteiger partial charge >= 0.3 is 0 Å². The number of hydrogen-bond donors (Lipinski definition) is 0. The molecule has 3 heterocycles. The molecule has 0 spiro atoms. The van der Waals surface area contributed by atoms with Crippen molar-refractivity contribution >= 4 is 44.3 Å². The molecule has 0 aromatic carbocycles. The summed E-state index contributed by atoms with van der Waals surface area (Å²) in [6.07, 6.45) is 0.789. The van der Waals surface area contributed by atoms with Crippen molar-refractivity contribution in [3.63, 3.8) is 0 Å². The summed E-state index contributed by atoms with van der Waals surface area (Å²) in [5.74, 6) is 0.234. The van der Waals surface area contributed by atoms with Gasteiger partial charge in [0.2, 0.25) is 10.0 Å². The van der Waals surface area contributed by atoms with Gasteiger partial charge in [0, 0.05) is 22.3 Å². The van der Waals surface area contributed by atoms with Crippen molar-refractivity contribution in [3.05, 3.63) is 38.2 Å². The van der Waals surface area contributed by atoms with Gasteiger partial charge in [0.15, 0.2) is 0 Å². The predicted molar refractivity (Wildman–Crippen MR) is 84.2 cm³/mol. The fourth-order valence-electron chi connectivity index (χ4n) is 2.60. The van der Waals surface area contributed by atoms with Crippen molar-refractivity contribution in [2.24, 2.45) is 0 Å². The van der Waals surface area contributed by atoms with Gasteiger partial charge < -0.3 is 0 Å². The largest absolute Gasteiger partial charge is 0.244 e. The van der Waals surface area contributed by atoms with Crippen LogP contribution in [0.1, 0.15) is 28.3 Å². The van der Waals surface area contributed by atoms with E-state index in [-0.39, 0.29) is 11.9 Å². The van der Waals surface area contributed by atoms with Crippen LogP contribution in [0, 0.1) is 0 Å². The van der Waals surface area contributed by atoms with Crippen LogP contribution in [0.3, 0.4) is 0 Å². The quantitative estimate of drug-likeness (QED) is 0.791. The zero-order chi connectivity index (χ0) is 14.3. The van der Waals surface area contributed by atoms with Crippen LogP contribution in [0.15, 0.2) is 27.8 Å². The monoisotopic (exact) mass is 347 g/mol. The maximum atomic E-state index is 12.8. The van der Waals surface area contributed by atoms with E-state index in [1.807, 2.05) is 18.4 Å². The van der Waals surface area contributed by atoms with Gasteiger partial charge in [-0.1, -0.05) is 0 Å². The fraction of sp³-hybridized carbons (Fsp3) is 0.385. The second-order valence-corrected chi connectivity index (χ2v) is 8.81. The predicted octanol–water partition coefficient (Wildman–Crippen LogP) is 3.86. The van der Waals surface area contributed by atoms with Crippen molar-refractivity contribution in [1.29, 1.82) is 0 Å². The van der Waals surface area contributed by atoms with E-state index in [0.717, 1.165) is 16.9 Å². The van der Waals surface area contributed by atoms with Crippen molar-refractivity contribution in [2.75, 3.05) is 6.54 Å². The lowest BCUT2D eigenvalue weighted by Gasteiger charge is -2.32. The van der Waals surface area contributed by atoms with Crippen LogP contribution < -0.4 is 0 Å². The molecule has 0 bridgehead atoms. The zero-order valence-electron chi connectivity index (χ0n) is 10.9. The summed E-state index contributed by atoms with van der Waals surface area (Å²) >= 11 is 8.95. The first kappa shape index (κ1) is 14.5. The van der Waals surface area contributed by atoms with E-state index in [1.54, 1.807) is 27.1 Å². The van der Waals surface area contributed by atoms with Crippen LogP contribution in [0.2, 0.25) is 0 Å². The summed E-state index contributed by atoms with van der Waals surface area (Å²) in [4.78, 5) is 2.38. The molecular formula is C13H14ClNO2S3. The van der Waals surface area contributed by atoms with Crippen LogP contribution in [0.4, 0.5) is 0 Å². The first-order chi connectivity index (χ1) is 9.55. The molecule has 0 radical (unpaired) electrons. The van der Waals surface area contributed by atoms with Gasteiger partial charge in [0.05, 0.1) is 10.8 Å². The number of hydrogen-bond acceptors (Lipinski definition) is 4. The molecule has 0 saturated heterocycles. The summed E-state index contributed by atoms with van der Waals surface area (Å²) in [7, 11) is -3.47. The third-order valence-corrected chi connectivity index (χ3v) is 8.16. The third-order valence-electron chi connectivity index (χ3n) is 3.63. The number of nitrogens with zero attached hydrogens (tertiary/aromatic N) is 1. The molecule has 1 unspecified atom stereocenters. The SMILES string of the molecule is CC1c2ccsc2CCN1S(=O)(=O)c1ccsc1CCl. The first-order valence-corrected chi connectivity index (χ1v) is 9.99. The Kier molecular flexibility index (Phi) is 3.94. The van der Waals surface area contributed by atoms with Crippen molar-refractivity contribution in [2.45, 2.75) is 30.2 Å². The van der Waals surface area contributed by atoms with Crippen LogP contribution in [-0.2, 0) is 22.3 Å². The molecule has 2 aromatic heterocycles. The highest BCUT2D eigenvalue weighted by atomic mass is 35.5. The Morgan fingerprint density at radius 3 is 2.85 bits per heavy atom. The maximum Gasteiger partial charge on any atom is 0.244 e. The molecule has 20 heavy (non-hydrogen) atoms. The molecule has 0 fully saturated rings. The fourth-order valence-corrected chi connectivity index (χ4v) is 6.85. The number of thiophene rings is 2. The molecule has 0 amide bonds. The summed E-state index contributed by atoms with van der Waals surface area (Å²) < 4.78 is 27.3. The topological polar surface area (TPSA) is 37.4 Å². The second-order valence-electron chi connectivity index (χ2n) is 4.68. The minimum Gasteiger partial charge on any atom is -0.207 e. The minimum atomic E-state index is -3.47. The van der Waals surface area contributed by atoms with Gasteiger partial charge in [-0.2, -0.15) is 4.31 Å². The molecular weight excluding hydrogens is 334 g/mol. The normalized spacial score (nSPS) is 20.0. The molecule has 1 atom stereocenters. The molecule has 1 aliphatic heterocycles. The second kappa shape index (κ2) is 5.42. The first-order valence-electron chi connectivity index (χ1n) is 6.26. The van der Waals surface area contributed by atoms with Gasteiger partial charge in [0.1, 0.15) is 0 Å². The smallest absolute Gasteiger partial charge is 0.207 e. The lowest BCUT2D eigenvalue weighted by Crippen LogP contribution is -2.38. The average Bonchev–Trinajstić information content (AvgIpc) is 3.07. The van der Waals surface area contributed by atoms with E-state index in [1.165, 1.54) is 16.2 Å². The number of fused-ring (bicyclic) bond motifs is 1. The lowest BCUT2D eigenvalue weighted by molar-refractivity contribution is 0.329. The zero-order valence-corrected chi connectivity index (χ0v) is 14.1. The molecule has 2 aromatic rings. The molecule has 0 saturated carbocycles. The van der Waals surface area contributed by atoms with Gasteiger partial charge in [-0.15, -0.1) is 34.3 Å². The lowest BCUT2D eigenvalue weighted by atomic mass is 10.0. The Hall–Kier alpha value is -0.400. The minimum absolute atomic E-state index is 0.113. The maximum absolute atomic E-state index is 12.8. The van der Waals surface area contributed by atoms with Gasteiger partial charge in [-0.3, -0.25) is 0 Å². The van der Waals surface area contributed by atoms with E-state index in [0.29, 0.717) is 11.4 Å². The van der Waals surface area contributed by atoms with Crippen LogP contribution in [0.5, 0.6) is 0 Å². The average molecular weight is 348 g/mol. The molecule has 0 N–H and O–H groups in total. The number of alkyl halides is 1. The Labute approximate surface area is 131 Å². The van der Waals surface area contributed by atoms with E-state index >= 15 is 0 Å². The Morgan fingerprint density at radius 1 is 1.35 bits per heavy atom. The van der Waals surface area contributed by atoms with Crippen molar-refractivity contribution < 1.29 is 8.42 Å². The Morgan fingerprint density at radius 2 is 2.10 bits per heavy atom. The summed E-state index contributed by atoms with van der Waals surface area (Å²) in [5.41, 5.74) is 1.13. The molecule has 1 aliphatic rings. The highest BCUT2D eigenvalue weighted by Crippen LogP contribution is 2.37. The van der Waals surface area contributed by atoms with Gasteiger partial charge in [-0.25, -0.2) is 8.42 Å². The Balaban J connectivity index is 2.01. The van der Waals surface area contributed by atoms with E-state index < -0.39 is 10.0 Å². The molecule has 3 nitrogen and oxygen atoms in total. The number of sulfonamides is 1. The van der Waals surface area contributed by atoms with Crippen LogP contribution in [-0.4, -0.2) is 19.3 Å². The summed E-state index contributed by atoms with van der Waals surface area (Å²) in [6, 6.07) is 3.58. The van der Waals surface area contributed by atoms with E-state index in [2.05, 4.69) is 0 Å². The standard InChI is InChI=1S/C13H14ClNO2S3/c1-9-10-3-6-18-11(10)2-5-15(9)20(16,17)13-4-7-19-12(13)8-14/h3-4,6-7,9H,2,5,8H2,1H3. The number of rotatable bonds is 3. The van der Waals surface area contributed by atoms with Crippen molar-refractivity contribution in [1.82, 2.24) is 4.31 Å². The summed E-state index contributed by atoms with van der Waals surface area (Å²) in [6.45, 7) is 2.49. The van der Waals surface area contributed by atoms with Crippen LogP contribution in [0.25, 0.3) is 0 Å². The van der Waals surface area contributed by atoms with E-state index in [4.69, 9.17) is 11.6 Å². The summed E-state index contributed by atoms with van der Waals surface area (Å²) in [5, 5.41) is 3.82. The highest BCUT2D eigenvalue weighted by molar-refractivity contribution is 7.89.